The molecule has 0 amide bonds. The fourth-order valence-corrected chi connectivity index (χ4v) is 3.07. The summed E-state index contributed by atoms with van der Waals surface area (Å²) in [5, 5.41) is 0. The number of rotatable bonds is 8. The van der Waals surface area contributed by atoms with E-state index in [0.717, 1.165) is 18.8 Å². The van der Waals surface area contributed by atoms with Gasteiger partial charge in [-0.05, 0) is 49.2 Å². The smallest absolute Gasteiger partial charge is 0.0866 e. The van der Waals surface area contributed by atoms with Gasteiger partial charge in [-0.15, -0.1) is 0 Å². The van der Waals surface area contributed by atoms with Gasteiger partial charge in [0, 0.05) is 42.9 Å². The van der Waals surface area contributed by atoms with Crippen LogP contribution in [-0.2, 0) is 13.1 Å². The summed E-state index contributed by atoms with van der Waals surface area (Å²) in [6, 6.07) is 12.9. The zero-order chi connectivity index (χ0) is 16.8. The zero-order valence-corrected chi connectivity index (χ0v) is 14.8. The van der Waals surface area contributed by atoms with E-state index in [1.54, 1.807) is 0 Å². The SMILES string of the molecule is CCCCn1cccc1-c1ccc(-c2cccn2CCCC)nc1. The summed E-state index contributed by atoms with van der Waals surface area (Å²) in [5.41, 5.74) is 4.69. The Labute approximate surface area is 145 Å². The van der Waals surface area contributed by atoms with Crippen molar-refractivity contribution in [3.63, 3.8) is 0 Å². The van der Waals surface area contributed by atoms with Crippen LogP contribution >= 0.6 is 0 Å². The highest BCUT2D eigenvalue weighted by Crippen LogP contribution is 2.24. The van der Waals surface area contributed by atoms with Gasteiger partial charge in [0.25, 0.3) is 0 Å². The van der Waals surface area contributed by atoms with Crippen molar-refractivity contribution < 1.29 is 0 Å². The molecule has 3 nitrogen and oxygen atoms in total. The first kappa shape index (κ1) is 16.6. The maximum atomic E-state index is 4.73. The number of hydrogen-bond acceptors (Lipinski definition) is 1. The Kier molecular flexibility index (Phi) is 5.52. The molecular weight excluding hydrogens is 294 g/mol. The van der Waals surface area contributed by atoms with Crippen LogP contribution in [-0.4, -0.2) is 14.1 Å². The summed E-state index contributed by atoms with van der Waals surface area (Å²) >= 11 is 0. The number of nitrogens with zero attached hydrogens (tertiary/aromatic N) is 3. The summed E-state index contributed by atoms with van der Waals surface area (Å²) in [5.74, 6) is 0. The molecule has 3 heterocycles. The highest BCUT2D eigenvalue weighted by molar-refractivity contribution is 5.63. The highest BCUT2D eigenvalue weighted by atomic mass is 15.0. The maximum Gasteiger partial charge on any atom is 0.0866 e. The second kappa shape index (κ2) is 8.00. The van der Waals surface area contributed by atoms with E-state index < -0.39 is 0 Å². The molecule has 0 aromatic carbocycles. The van der Waals surface area contributed by atoms with Crippen LogP contribution in [0, 0.1) is 0 Å². The molecule has 24 heavy (non-hydrogen) atoms. The lowest BCUT2D eigenvalue weighted by molar-refractivity contribution is 0.638. The number of unbranched alkanes of at least 4 members (excludes halogenated alkanes) is 2. The monoisotopic (exact) mass is 321 g/mol. The molecule has 3 heteroatoms. The quantitative estimate of drug-likeness (QED) is 0.528. The molecule has 0 saturated heterocycles. The topological polar surface area (TPSA) is 22.8 Å². The predicted molar refractivity (Wildman–Crippen MR) is 101 cm³/mol. The van der Waals surface area contributed by atoms with Crippen molar-refractivity contribution in [1.82, 2.24) is 14.1 Å². The first-order valence-corrected chi connectivity index (χ1v) is 9.10. The Morgan fingerprint density at radius 3 is 2.00 bits per heavy atom. The average molecular weight is 321 g/mol. The van der Waals surface area contributed by atoms with E-state index >= 15 is 0 Å². The minimum atomic E-state index is 1.05. The molecule has 0 aliphatic carbocycles. The van der Waals surface area contributed by atoms with Gasteiger partial charge in [0.2, 0.25) is 0 Å². The van der Waals surface area contributed by atoms with Crippen molar-refractivity contribution in [1.29, 1.82) is 0 Å². The van der Waals surface area contributed by atoms with Crippen molar-refractivity contribution >= 4 is 0 Å². The third-order valence-corrected chi connectivity index (χ3v) is 4.49. The largest absolute Gasteiger partial charge is 0.347 e. The molecule has 0 atom stereocenters. The van der Waals surface area contributed by atoms with Crippen LogP contribution in [0.4, 0.5) is 0 Å². The summed E-state index contributed by atoms with van der Waals surface area (Å²) < 4.78 is 4.62. The van der Waals surface area contributed by atoms with Gasteiger partial charge >= 0.3 is 0 Å². The van der Waals surface area contributed by atoms with Gasteiger partial charge in [0.05, 0.1) is 11.4 Å². The molecule has 0 saturated carbocycles. The molecule has 0 N–H and O–H groups in total. The Morgan fingerprint density at radius 2 is 1.42 bits per heavy atom. The average Bonchev–Trinajstić information content (AvgIpc) is 3.27. The summed E-state index contributed by atoms with van der Waals surface area (Å²) in [6.07, 6.45) is 11.1. The molecule has 3 rings (SSSR count). The van der Waals surface area contributed by atoms with Gasteiger partial charge in [-0.2, -0.15) is 0 Å². The number of pyridine rings is 1. The lowest BCUT2D eigenvalue weighted by atomic mass is 10.1. The maximum absolute atomic E-state index is 4.73. The van der Waals surface area contributed by atoms with Crippen LogP contribution in [0.25, 0.3) is 22.6 Å². The minimum Gasteiger partial charge on any atom is -0.347 e. The van der Waals surface area contributed by atoms with Gasteiger partial charge in [0.1, 0.15) is 0 Å². The van der Waals surface area contributed by atoms with Gasteiger partial charge < -0.3 is 9.13 Å². The third kappa shape index (κ3) is 3.61. The van der Waals surface area contributed by atoms with Crippen molar-refractivity contribution in [2.24, 2.45) is 0 Å². The first-order valence-electron chi connectivity index (χ1n) is 9.10. The van der Waals surface area contributed by atoms with Crippen LogP contribution < -0.4 is 0 Å². The minimum absolute atomic E-state index is 1.05. The Bertz CT molecular complexity index is 684. The molecule has 126 valence electrons. The van der Waals surface area contributed by atoms with E-state index in [0.29, 0.717) is 0 Å². The molecule has 3 aromatic rings. The molecule has 0 aliphatic heterocycles. The molecule has 0 fully saturated rings. The van der Waals surface area contributed by atoms with Crippen LogP contribution in [0.3, 0.4) is 0 Å². The number of aryl methyl sites for hydroxylation is 2. The third-order valence-electron chi connectivity index (χ3n) is 4.49. The fourth-order valence-electron chi connectivity index (χ4n) is 3.07. The second-order valence-corrected chi connectivity index (χ2v) is 6.31. The molecule has 3 aromatic heterocycles. The molecule has 0 radical (unpaired) electrons. The second-order valence-electron chi connectivity index (χ2n) is 6.31. The number of aromatic nitrogens is 3. The van der Waals surface area contributed by atoms with E-state index in [1.165, 1.54) is 42.6 Å². The van der Waals surface area contributed by atoms with E-state index in [-0.39, 0.29) is 0 Å². The van der Waals surface area contributed by atoms with Gasteiger partial charge in [0.15, 0.2) is 0 Å². The molecular formula is C21H27N3. The molecule has 0 bridgehead atoms. The van der Waals surface area contributed by atoms with Gasteiger partial charge in [-0.1, -0.05) is 26.7 Å². The first-order chi connectivity index (χ1) is 11.8. The Hall–Kier alpha value is -2.29. The van der Waals surface area contributed by atoms with Crippen LogP contribution in [0.2, 0.25) is 0 Å². The van der Waals surface area contributed by atoms with Crippen LogP contribution in [0.1, 0.15) is 39.5 Å². The van der Waals surface area contributed by atoms with Gasteiger partial charge in [-0.3, -0.25) is 4.98 Å². The fraction of sp³-hybridized carbons (Fsp3) is 0.381. The molecule has 0 aliphatic rings. The van der Waals surface area contributed by atoms with Crippen molar-refractivity contribution in [3.8, 4) is 22.6 Å². The van der Waals surface area contributed by atoms with E-state index in [4.69, 9.17) is 4.98 Å². The van der Waals surface area contributed by atoms with Crippen LogP contribution in [0.5, 0.6) is 0 Å². The number of hydrogen-bond donors (Lipinski definition) is 0. The van der Waals surface area contributed by atoms with Crippen molar-refractivity contribution in [3.05, 3.63) is 55.0 Å². The normalized spacial score (nSPS) is 11.1. The Morgan fingerprint density at radius 1 is 0.792 bits per heavy atom. The van der Waals surface area contributed by atoms with Crippen molar-refractivity contribution in [2.45, 2.75) is 52.6 Å². The lowest BCUT2D eigenvalue weighted by Gasteiger charge is -2.11. The van der Waals surface area contributed by atoms with Crippen molar-refractivity contribution in [2.75, 3.05) is 0 Å². The Balaban J connectivity index is 1.81. The standard InChI is InChI=1S/C21H27N3/c1-3-5-13-23-15-7-9-20(23)18-11-12-19(22-17-18)21-10-8-16-24(21)14-6-4-2/h7-12,15-17H,3-6,13-14H2,1-2H3. The van der Waals surface area contributed by atoms with E-state index in [2.05, 4.69) is 71.8 Å². The predicted octanol–water partition coefficient (Wildman–Crippen LogP) is 5.62. The summed E-state index contributed by atoms with van der Waals surface area (Å²) in [6.45, 7) is 6.58. The highest BCUT2D eigenvalue weighted by Gasteiger charge is 2.08. The van der Waals surface area contributed by atoms with Gasteiger partial charge in [-0.25, -0.2) is 0 Å². The van der Waals surface area contributed by atoms with E-state index in [1.807, 2.05) is 6.20 Å². The molecule has 0 spiro atoms. The molecule has 0 unspecified atom stereocenters. The summed E-state index contributed by atoms with van der Waals surface area (Å²) in [4.78, 5) is 4.73. The van der Waals surface area contributed by atoms with Crippen LogP contribution in [0.15, 0.2) is 55.0 Å². The van der Waals surface area contributed by atoms with E-state index in [9.17, 15) is 0 Å². The summed E-state index contributed by atoms with van der Waals surface area (Å²) in [7, 11) is 0. The zero-order valence-electron chi connectivity index (χ0n) is 14.8. The lowest BCUT2D eigenvalue weighted by Crippen LogP contribution is -2.00.